The molecule has 1 aromatic carbocycles. The van der Waals surface area contributed by atoms with E-state index >= 15 is 0 Å². The number of benzene rings is 1. The van der Waals surface area contributed by atoms with Gasteiger partial charge in [-0.25, -0.2) is 0 Å². The van der Waals surface area contributed by atoms with Gasteiger partial charge in [-0.15, -0.1) is 0 Å². The molecule has 1 amide bonds. The minimum Gasteiger partial charge on any atom is -0.348 e. The van der Waals surface area contributed by atoms with Gasteiger partial charge in [0.1, 0.15) is 5.56 Å². The third-order valence-corrected chi connectivity index (χ3v) is 3.88. The van der Waals surface area contributed by atoms with Crippen LogP contribution in [0.2, 0.25) is 0 Å². The van der Waals surface area contributed by atoms with Gasteiger partial charge >= 0.3 is 0 Å². The summed E-state index contributed by atoms with van der Waals surface area (Å²) >= 11 is 0. The first-order valence-electron chi connectivity index (χ1n) is 8.11. The van der Waals surface area contributed by atoms with Crippen LogP contribution < -0.4 is 10.9 Å². The molecule has 25 heavy (non-hydrogen) atoms. The van der Waals surface area contributed by atoms with Crippen molar-refractivity contribution in [2.24, 2.45) is 0 Å². The molecule has 3 aromatic rings. The third kappa shape index (κ3) is 4.03. The summed E-state index contributed by atoms with van der Waals surface area (Å²) in [5, 5.41) is 6.93. The number of aryl methyl sites for hydroxylation is 1. The van der Waals surface area contributed by atoms with E-state index in [1.807, 2.05) is 50.4 Å². The van der Waals surface area contributed by atoms with E-state index < -0.39 is 11.5 Å². The first kappa shape index (κ1) is 16.7. The summed E-state index contributed by atoms with van der Waals surface area (Å²) in [5.41, 5.74) is 2.41. The predicted octanol–water partition coefficient (Wildman–Crippen LogP) is 2.37. The molecule has 0 aliphatic carbocycles. The summed E-state index contributed by atoms with van der Waals surface area (Å²) in [5.74, 6) is -0.392. The van der Waals surface area contributed by atoms with Crippen molar-refractivity contribution >= 4 is 5.91 Å². The van der Waals surface area contributed by atoms with E-state index in [2.05, 4.69) is 15.4 Å². The Bertz CT molecular complexity index is 929. The lowest BCUT2D eigenvalue weighted by Gasteiger charge is -2.14. The van der Waals surface area contributed by atoms with E-state index in [4.69, 9.17) is 0 Å². The van der Waals surface area contributed by atoms with Gasteiger partial charge in [0.05, 0.1) is 6.54 Å². The SMILES string of the molecule is Cc1cccc(-c2ccc(C(=O)N[C@H](C)Cn3cccn3)c(=O)[nH]2)c1. The molecule has 0 saturated heterocycles. The Labute approximate surface area is 145 Å². The highest BCUT2D eigenvalue weighted by Crippen LogP contribution is 2.16. The van der Waals surface area contributed by atoms with Crippen LogP contribution in [0.25, 0.3) is 11.3 Å². The van der Waals surface area contributed by atoms with Gasteiger partial charge in [0, 0.05) is 24.1 Å². The molecule has 0 aliphatic rings. The Morgan fingerprint density at radius 2 is 2.12 bits per heavy atom. The molecule has 0 bridgehead atoms. The second kappa shape index (κ2) is 7.17. The molecule has 0 aliphatic heterocycles. The van der Waals surface area contributed by atoms with Crippen molar-refractivity contribution in [3.05, 3.63) is 76.3 Å². The Kier molecular flexibility index (Phi) is 4.79. The van der Waals surface area contributed by atoms with Gasteiger partial charge in [0.2, 0.25) is 0 Å². The Morgan fingerprint density at radius 1 is 1.28 bits per heavy atom. The first-order valence-corrected chi connectivity index (χ1v) is 8.11. The van der Waals surface area contributed by atoms with Gasteiger partial charge in [-0.05, 0) is 43.7 Å². The lowest BCUT2D eigenvalue weighted by molar-refractivity contribution is 0.0934. The fraction of sp³-hybridized carbons (Fsp3) is 0.211. The van der Waals surface area contributed by atoms with Gasteiger partial charge in [0.25, 0.3) is 11.5 Å². The zero-order valence-electron chi connectivity index (χ0n) is 14.2. The summed E-state index contributed by atoms with van der Waals surface area (Å²) < 4.78 is 1.73. The summed E-state index contributed by atoms with van der Waals surface area (Å²) in [6.07, 6.45) is 3.51. The lowest BCUT2D eigenvalue weighted by atomic mass is 10.1. The normalized spacial score (nSPS) is 11.9. The number of nitrogens with zero attached hydrogens (tertiary/aromatic N) is 2. The van der Waals surface area contributed by atoms with E-state index in [1.165, 1.54) is 0 Å². The van der Waals surface area contributed by atoms with Crippen molar-refractivity contribution in [2.45, 2.75) is 26.4 Å². The molecule has 0 radical (unpaired) electrons. The van der Waals surface area contributed by atoms with Gasteiger partial charge in [0.15, 0.2) is 0 Å². The van der Waals surface area contributed by atoms with Crippen LogP contribution in [0.4, 0.5) is 0 Å². The van der Waals surface area contributed by atoms with Crippen LogP contribution in [0.5, 0.6) is 0 Å². The number of aromatic amines is 1. The molecule has 2 heterocycles. The van der Waals surface area contributed by atoms with Crippen LogP contribution in [-0.2, 0) is 6.54 Å². The molecule has 6 nitrogen and oxygen atoms in total. The van der Waals surface area contributed by atoms with E-state index in [0.717, 1.165) is 11.1 Å². The fourth-order valence-corrected chi connectivity index (χ4v) is 2.67. The lowest BCUT2D eigenvalue weighted by Crippen LogP contribution is -2.38. The topological polar surface area (TPSA) is 79.8 Å². The average Bonchev–Trinajstić information content (AvgIpc) is 3.07. The maximum Gasteiger partial charge on any atom is 0.261 e. The average molecular weight is 336 g/mol. The van der Waals surface area contributed by atoms with Crippen LogP contribution in [-0.4, -0.2) is 26.7 Å². The Morgan fingerprint density at radius 3 is 2.80 bits per heavy atom. The highest BCUT2D eigenvalue weighted by Gasteiger charge is 2.14. The standard InChI is InChI=1S/C19H20N4O2/c1-13-5-3-6-15(11-13)17-8-7-16(19(25)22-17)18(24)21-14(2)12-23-10-4-9-20-23/h3-11,14H,12H2,1-2H3,(H,21,24)(H,22,25)/t14-/m1/s1. The zero-order chi connectivity index (χ0) is 17.8. The van der Waals surface area contributed by atoms with Gasteiger partial charge in [-0.3, -0.25) is 14.3 Å². The molecular formula is C19H20N4O2. The minimum absolute atomic E-state index is 0.101. The van der Waals surface area contributed by atoms with Gasteiger partial charge < -0.3 is 10.3 Å². The number of hydrogen-bond acceptors (Lipinski definition) is 3. The zero-order valence-corrected chi connectivity index (χ0v) is 14.2. The van der Waals surface area contributed by atoms with E-state index in [1.54, 1.807) is 23.0 Å². The number of rotatable bonds is 5. The number of nitrogens with one attached hydrogen (secondary N) is 2. The molecule has 2 N–H and O–H groups in total. The van der Waals surface area contributed by atoms with Crippen molar-refractivity contribution in [2.75, 3.05) is 0 Å². The highest BCUT2D eigenvalue weighted by molar-refractivity contribution is 5.94. The summed E-state index contributed by atoms with van der Waals surface area (Å²) in [6.45, 7) is 4.40. The third-order valence-electron chi connectivity index (χ3n) is 3.88. The smallest absolute Gasteiger partial charge is 0.261 e. The second-order valence-electron chi connectivity index (χ2n) is 6.09. The fourth-order valence-electron chi connectivity index (χ4n) is 2.67. The number of H-pyrrole nitrogens is 1. The molecule has 128 valence electrons. The van der Waals surface area contributed by atoms with Crippen molar-refractivity contribution in [3.63, 3.8) is 0 Å². The monoisotopic (exact) mass is 336 g/mol. The molecule has 0 unspecified atom stereocenters. The predicted molar refractivity (Wildman–Crippen MR) is 96.4 cm³/mol. The quantitative estimate of drug-likeness (QED) is 0.751. The largest absolute Gasteiger partial charge is 0.348 e. The molecule has 0 fully saturated rings. The van der Waals surface area contributed by atoms with Crippen LogP contribution in [0.1, 0.15) is 22.8 Å². The molecular weight excluding hydrogens is 316 g/mol. The molecule has 1 atom stereocenters. The molecule has 3 rings (SSSR count). The molecule has 0 spiro atoms. The number of pyridine rings is 1. The second-order valence-corrected chi connectivity index (χ2v) is 6.09. The van der Waals surface area contributed by atoms with Crippen LogP contribution in [0.3, 0.4) is 0 Å². The minimum atomic E-state index is -0.400. The first-order chi connectivity index (χ1) is 12.0. The van der Waals surface area contributed by atoms with Crippen molar-refractivity contribution in [1.82, 2.24) is 20.1 Å². The van der Waals surface area contributed by atoms with Crippen molar-refractivity contribution < 1.29 is 4.79 Å². The number of aromatic nitrogens is 3. The van der Waals surface area contributed by atoms with E-state index in [0.29, 0.717) is 12.2 Å². The number of carbonyl (C=O) groups excluding carboxylic acids is 1. The Hall–Kier alpha value is -3.15. The van der Waals surface area contributed by atoms with Crippen LogP contribution in [0.15, 0.2) is 59.7 Å². The highest BCUT2D eigenvalue weighted by atomic mass is 16.2. The molecule has 6 heteroatoms. The Balaban J connectivity index is 1.74. The van der Waals surface area contributed by atoms with Crippen molar-refractivity contribution in [3.8, 4) is 11.3 Å². The van der Waals surface area contributed by atoms with E-state index in [9.17, 15) is 9.59 Å². The van der Waals surface area contributed by atoms with Gasteiger partial charge in [-0.2, -0.15) is 5.10 Å². The summed E-state index contributed by atoms with van der Waals surface area (Å²) in [7, 11) is 0. The number of hydrogen-bond donors (Lipinski definition) is 2. The number of amides is 1. The molecule has 2 aromatic heterocycles. The van der Waals surface area contributed by atoms with Gasteiger partial charge in [-0.1, -0.05) is 23.8 Å². The van der Waals surface area contributed by atoms with Crippen molar-refractivity contribution in [1.29, 1.82) is 0 Å². The maximum absolute atomic E-state index is 12.3. The van der Waals surface area contributed by atoms with Crippen LogP contribution in [0, 0.1) is 6.92 Å². The maximum atomic E-state index is 12.3. The van der Waals surface area contributed by atoms with Crippen LogP contribution >= 0.6 is 0 Å². The summed E-state index contributed by atoms with van der Waals surface area (Å²) in [6, 6.07) is 12.8. The number of carbonyl (C=O) groups is 1. The van der Waals surface area contributed by atoms with E-state index in [-0.39, 0.29) is 11.6 Å². The molecule has 0 saturated carbocycles. The summed E-state index contributed by atoms with van der Waals surface area (Å²) in [4.78, 5) is 27.4.